The SMILES string of the molecule is O=C(c1nn(-c2ccc(F)cc2)c2c1CCCC2)N1CCc2[nH]c3ccccc3c2C1. The van der Waals surface area contributed by atoms with Crippen LogP contribution in [0.3, 0.4) is 0 Å². The zero-order valence-corrected chi connectivity index (χ0v) is 17.2. The lowest BCUT2D eigenvalue weighted by Gasteiger charge is -2.27. The molecule has 31 heavy (non-hydrogen) atoms. The molecule has 2 aliphatic rings. The number of para-hydroxylation sites is 1. The van der Waals surface area contributed by atoms with Crippen molar-refractivity contribution in [2.24, 2.45) is 0 Å². The van der Waals surface area contributed by atoms with Gasteiger partial charge in [-0.1, -0.05) is 18.2 Å². The van der Waals surface area contributed by atoms with Crippen molar-refractivity contribution in [3.8, 4) is 5.69 Å². The van der Waals surface area contributed by atoms with E-state index in [9.17, 15) is 9.18 Å². The van der Waals surface area contributed by atoms with Crippen LogP contribution in [0.1, 0.15) is 45.8 Å². The number of nitrogens with one attached hydrogen (secondary N) is 1. The maximum Gasteiger partial charge on any atom is 0.274 e. The molecule has 156 valence electrons. The van der Waals surface area contributed by atoms with Gasteiger partial charge in [-0.25, -0.2) is 9.07 Å². The van der Waals surface area contributed by atoms with E-state index in [1.54, 1.807) is 12.1 Å². The number of hydrogen-bond acceptors (Lipinski definition) is 2. The minimum atomic E-state index is -0.274. The number of benzene rings is 2. The molecule has 0 bridgehead atoms. The van der Waals surface area contributed by atoms with Crippen LogP contribution in [0.4, 0.5) is 4.39 Å². The second-order valence-electron chi connectivity index (χ2n) is 8.47. The predicted octanol–water partition coefficient (Wildman–Crippen LogP) is 4.57. The topological polar surface area (TPSA) is 53.9 Å². The lowest BCUT2D eigenvalue weighted by atomic mass is 9.95. The van der Waals surface area contributed by atoms with E-state index in [4.69, 9.17) is 5.10 Å². The van der Waals surface area contributed by atoms with E-state index in [2.05, 4.69) is 17.1 Å². The lowest BCUT2D eigenvalue weighted by molar-refractivity contribution is 0.0727. The summed E-state index contributed by atoms with van der Waals surface area (Å²) < 4.78 is 15.3. The summed E-state index contributed by atoms with van der Waals surface area (Å²) in [4.78, 5) is 19.1. The van der Waals surface area contributed by atoms with Crippen molar-refractivity contribution in [3.05, 3.63) is 82.6 Å². The van der Waals surface area contributed by atoms with Crippen LogP contribution < -0.4 is 0 Å². The number of carbonyl (C=O) groups is 1. The number of rotatable bonds is 2. The molecular weight excluding hydrogens is 391 g/mol. The van der Waals surface area contributed by atoms with Gasteiger partial charge in [0.1, 0.15) is 5.82 Å². The first-order valence-electron chi connectivity index (χ1n) is 10.9. The molecule has 3 heterocycles. The number of H-pyrrole nitrogens is 1. The minimum Gasteiger partial charge on any atom is -0.358 e. The Labute approximate surface area is 179 Å². The fourth-order valence-electron chi connectivity index (χ4n) is 5.06. The summed E-state index contributed by atoms with van der Waals surface area (Å²) in [6.45, 7) is 1.27. The molecule has 2 aromatic heterocycles. The van der Waals surface area contributed by atoms with Crippen molar-refractivity contribution >= 4 is 16.8 Å². The second-order valence-corrected chi connectivity index (χ2v) is 8.47. The number of carbonyl (C=O) groups excluding carboxylic acids is 1. The van der Waals surface area contributed by atoms with Gasteiger partial charge in [0.2, 0.25) is 0 Å². The van der Waals surface area contributed by atoms with Gasteiger partial charge in [-0.3, -0.25) is 4.79 Å². The van der Waals surface area contributed by atoms with Gasteiger partial charge in [0.25, 0.3) is 5.91 Å². The highest BCUT2D eigenvalue weighted by Gasteiger charge is 2.31. The average Bonchev–Trinajstić information content (AvgIpc) is 3.37. The first-order chi connectivity index (χ1) is 15.2. The molecule has 1 aliphatic carbocycles. The van der Waals surface area contributed by atoms with Gasteiger partial charge < -0.3 is 9.88 Å². The molecule has 6 rings (SSSR count). The molecule has 0 fully saturated rings. The fourth-order valence-corrected chi connectivity index (χ4v) is 5.06. The molecule has 5 nitrogen and oxygen atoms in total. The third kappa shape index (κ3) is 2.97. The Kier molecular flexibility index (Phi) is 4.19. The predicted molar refractivity (Wildman–Crippen MR) is 117 cm³/mol. The first-order valence-corrected chi connectivity index (χ1v) is 10.9. The molecule has 4 aromatic rings. The Hall–Kier alpha value is -3.41. The van der Waals surface area contributed by atoms with Gasteiger partial charge in [0.15, 0.2) is 5.69 Å². The van der Waals surface area contributed by atoms with Crippen LogP contribution in [0, 0.1) is 5.82 Å². The highest BCUT2D eigenvalue weighted by molar-refractivity contribution is 5.95. The smallest absolute Gasteiger partial charge is 0.274 e. The fraction of sp³-hybridized carbons (Fsp3) is 0.280. The van der Waals surface area contributed by atoms with Crippen molar-refractivity contribution in [2.45, 2.75) is 38.6 Å². The van der Waals surface area contributed by atoms with Gasteiger partial charge in [-0.15, -0.1) is 0 Å². The summed E-state index contributed by atoms with van der Waals surface area (Å²) in [6.07, 6.45) is 4.71. The van der Waals surface area contributed by atoms with Crippen molar-refractivity contribution in [1.29, 1.82) is 0 Å². The lowest BCUT2D eigenvalue weighted by Crippen LogP contribution is -2.36. The van der Waals surface area contributed by atoms with Crippen LogP contribution in [0.15, 0.2) is 48.5 Å². The quantitative estimate of drug-likeness (QED) is 0.522. The largest absolute Gasteiger partial charge is 0.358 e. The van der Waals surface area contributed by atoms with Crippen molar-refractivity contribution in [3.63, 3.8) is 0 Å². The summed E-state index contributed by atoms with van der Waals surface area (Å²) in [6, 6.07) is 14.6. The number of aromatic nitrogens is 3. The van der Waals surface area contributed by atoms with Crippen LogP contribution in [0.2, 0.25) is 0 Å². The molecule has 1 N–H and O–H groups in total. The van der Waals surface area contributed by atoms with E-state index >= 15 is 0 Å². The third-order valence-corrected chi connectivity index (χ3v) is 6.62. The normalized spacial score (nSPS) is 15.7. The van der Waals surface area contributed by atoms with Crippen LogP contribution in [0.25, 0.3) is 16.6 Å². The average molecular weight is 414 g/mol. The number of hydrogen-bond donors (Lipinski definition) is 1. The molecule has 1 aliphatic heterocycles. The molecule has 0 radical (unpaired) electrons. The van der Waals surface area contributed by atoms with E-state index in [0.29, 0.717) is 18.8 Å². The number of halogens is 1. The Morgan fingerprint density at radius 3 is 2.65 bits per heavy atom. The molecule has 6 heteroatoms. The molecule has 0 saturated carbocycles. The second kappa shape index (κ2) is 7.08. The number of nitrogens with zero attached hydrogens (tertiary/aromatic N) is 3. The zero-order chi connectivity index (χ0) is 20.9. The van der Waals surface area contributed by atoms with Crippen LogP contribution >= 0.6 is 0 Å². The van der Waals surface area contributed by atoms with Crippen molar-refractivity contribution < 1.29 is 9.18 Å². The number of amides is 1. The van der Waals surface area contributed by atoms with E-state index < -0.39 is 0 Å². The van der Waals surface area contributed by atoms with Gasteiger partial charge in [0, 0.05) is 52.9 Å². The van der Waals surface area contributed by atoms with Crippen molar-refractivity contribution in [2.75, 3.05) is 6.54 Å². The molecular formula is C25H23FN4O. The van der Waals surface area contributed by atoms with E-state index in [1.165, 1.54) is 28.8 Å². The van der Waals surface area contributed by atoms with Crippen LogP contribution in [0.5, 0.6) is 0 Å². The van der Waals surface area contributed by atoms with Gasteiger partial charge in [-0.05, 0) is 56.0 Å². The summed E-state index contributed by atoms with van der Waals surface area (Å²) in [5.74, 6) is -0.279. The number of aromatic amines is 1. The van der Waals surface area contributed by atoms with Crippen molar-refractivity contribution in [1.82, 2.24) is 19.7 Å². The maximum atomic E-state index is 13.6. The first kappa shape index (κ1) is 18.4. The van der Waals surface area contributed by atoms with E-state index in [-0.39, 0.29) is 11.7 Å². The van der Waals surface area contributed by atoms with Gasteiger partial charge >= 0.3 is 0 Å². The van der Waals surface area contributed by atoms with Gasteiger partial charge in [-0.2, -0.15) is 5.10 Å². The standard InChI is InChI=1S/C25H23FN4O/c26-16-9-11-17(12-10-16)30-23-8-4-2-6-19(23)24(28-30)25(31)29-14-13-22-20(15-29)18-5-1-3-7-21(18)27-22/h1,3,5,7,9-12,27H,2,4,6,8,13-15H2. The molecule has 0 atom stereocenters. The Bertz CT molecular complexity index is 1300. The van der Waals surface area contributed by atoms with Gasteiger partial charge in [0.05, 0.1) is 5.69 Å². The van der Waals surface area contributed by atoms with E-state index in [0.717, 1.165) is 54.6 Å². The zero-order valence-electron chi connectivity index (χ0n) is 17.2. The molecule has 1 amide bonds. The molecule has 0 unspecified atom stereocenters. The summed E-state index contributed by atoms with van der Waals surface area (Å²) in [7, 11) is 0. The molecule has 2 aromatic carbocycles. The highest BCUT2D eigenvalue weighted by Crippen LogP contribution is 2.31. The third-order valence-electron chi connectivity index (χ3n) is 6.62. The van der Waals surface area contributed by atoms with Crippen LogP contribution in [-0.4, -0.2) is 32.1 Å². The van der Waals surface area contributed by atoms with E-state index in [1.807, 2.05) is 21.7 Å². The number of fused-ring (bicyclic) bond motifs is 4. The summed E-state index contributed by atoms with van der Waals surface area (Å²) in [5, 5.41) is 5.96. The summed E-state index contributed by atoms with van der Waals surface area (Å²) >= 11 is 0. The molecule has 0 saturated heterocycles. The molecule has 0 spiro atoms. The Balaban J connectivity index is 1.38. The Morgan fingerprint density at radius 2 is 1.77 bits per heavy atom. The highest BCUT2D eigenvalue weighted by atomic mass is 19.1. The Morgan fingerprint density at radius 1 is 0.968 bits per heavy atom. The van der Waals surface area contributed by atoms with Crippen LogP contribution in [-0.2, 0) is 25.8 Å². The maximum absolute atomic E-state index is 13.6. The summed E-state index contributed by atoms with van der Waals surface area (Å²) in [5.41, 5.74) is 7.07. The monoisotopic (exact) mass is 414 g/mol. The minimum absolute atomic E-state index is 0.00468.